The molecule has 1 aromatic carbocycles. The lowest BCUT2D eigenvalue weighted by atomic mass is 10.3. The maximum absolute atomic E-state index is 6.33. The van der Waals surface area contributed by atoms with Crippen LogP contribution >= 0.6 is 23.4 Å². The molecule has 3 nitrogen and oxygen atoms in total. The van der Waals surface area contributed by atoms with E-state index in [4.69, 9.17) is 16.3 Å². The normalized spacial score (nSPS) is 13.8. The van der Waals surface area contributed by atoms with Gasteiger partial charge in [-0.1, -0.05) is 11.6 Å². The molecule has 0 unspecified atom stereocenters. The average molecular weight is 267 g/mol. The van der Waals surface area contributed by atoms with Crippen LogP contribution in [0.3, 0.4) is 0 Å². The van der Waals surface area contributed by atoms with Gasteiger partial charge in [0, 0.05) is 17.1 Å². The van der Waals surface area contributed by atoms with Gasteiger partial charge in [0.15, 0.2) is 0 Å². The lowest BCUT2D eigenvalue weighted by Crippen LogP contribution is -1.97. The Morgan fingerprint density at radius 1 is 1.29 bits per heavy atom. The highest BCUT2D eigenvalue weighted by Gasteiger charge is 2.21. The molecule has 0 spiro atoms. The number of rotatable bonds is 2. The number of hydrogen-bond acceptors (Lipinski definition) is 3. The third-order valence-electron chi connectivity index (χ3n) is 2.81. The van der Waals surface area contributed by atoms with Crippen LogP contribution in [0.2, 0.25) is 5.15 Å². The fraction of sp³-hybridized carbons (Fsp3) is 0.250. The molecule has 2 aromatic rings. The second kappa shape index (κ2) is 4.27. The average Bonchev–Trinajstić information content (AvgIpc) is 2.93. The van der Waals surface area contributed by atoms with E-state index in [0.717, 1.165) is 33.8 Å². The Hall–Kier alpha value is -1.13. The van der Waals surface area contributed by atoms with E-state index in [1.54, 1.807) is 11.8 Å². The molecular formula is C12H11ClN2OS. The van der Waals surface area contributed by atoms with Crippen LogP contribution in [0.25, 0.3) is 5.69 Å². The molecule has 2 heterocycles. The van der Waals surface area contributed by atoms with Gasteiger partial charge in [-0.3, -0.25) is 0 Å². The number of halogens is 1. The van der Waals surface area contributed by atoms with E-state index in [0.29, 0.717) is 0 Å². The first-order valence-corrected chi connectivity index (χ1v) is 6.81. The minimum absolute atomic E-state index is 0.732. The van der Waals surface area contributed by atoms with Gasteiger partial charge in [-0.2, -0.15) is 16.9 Å². The predicted molar refractivity (Wildman–Crippen MR) is 70.1 cm³/mol. The van der Waals surface area contributed by atoms with Crippen molar-refractivity contribution in [3.63, 3.8) is 0 Å². The first kappa shape index (κ1) is 11.0. The fourth-order valence-electron chi connectivity index (χ4n) is 1.87. The molecule has 0 aliphatic carbocycles. The van der Waals surface area contributed by atoms with Crippen LogP contribution in [0.4, 0.5) is 0 Å². The van der Waals surface area contributed by atoms with Gasteiger partial charge in [0.1, 0.15) is 10.9 Å². The third kappa shape index (κ3) is 1.81. The van der Waals surface area contributed by atoms with Crippen molar-refractivity contribution >= 4 is 23.4 Å². The van der Waals surface area contributed by atoms with E-state index < -0.39 is 0 Å². The first-order valence-electron chi connectivity index (χ1n) is 5.28. The highest BCUT2D eigenvalue weighted by atomic mass is 35.5. The van der Waals surface area contributed by atoms with E-state index in [-0.39, 0.29) is 0 Å². The van der Waals surface area contributed by atoms with Gasteiger partial charge < -0.3 is 4.74 Å². The monoisotopic (exact) mass is 266 g/mol. The molecule has 1 aliphatic heterocycles. The Morgan fingerprint density at radius 3 is 2.71 bits per heavy atom. The number of aromatic nitrogens is 2. The number of fused-ring (bicyclic) bond motifs is 1. The van der Waals surface area contributed by atoms with Crippen molar-refractivity contribution in [2.24, 2.45) is 0 Å². The second-order valence-electron chi connectivity index (χ2n) is 3.82. The van der Waals surface area contributed by atoms with E-state index >= 15 is 0 Å². The van der Waals surface area contributed by atoms with Crippen LogP contribution in [-0.4, -0.2) is 16.9 Å². The molecule has 0 saturated heterocycles. The lowest BCUT2D eigenvalue weighted by Gasteiger charge is -2.05. The second-order valence-corrected chi connectivity index (χ2v) is 5.16. The zero-order valence-corrected chi connectivity index (χ0v) is 10.9. The van der Waals surface area contributed by atoms with Crippen molar-refractivity contribution < 1.29 is 4.74 Å². The van der Waals surface area contributed by atoms with Crippen molar-refractivity contribution in [3.8, 4) is 11.4 Å². The van der Waals surface area contributed by atoms with Gasteiger partial charge in [0.05, 0.1) is 18.5 Å². The zero-order chi connectivity index (χ0) is 11.8. The van der Waals surface area contributed by atoms with Crippen LogP contribution in [0, 0.1) is 0 Å². The molecule has 1 aliphatic rings. The molecule has 1 aromatic heterocycles. The van der Waals surface area contributed by atoms with Gasteiger partial charge in [-0.25, -0.2) is 4.68 Å². The Bertz CT molecular complexity index is 550. The molecule has 17 heavy (non-hydrogen) atoms. The van der Waals surface area contributed by atoms with Crippen LogP contribution in [0.15, 0.2) is 24.3 Å². The summed E-state index contributed by atoms with van der Waals surface area (Å²) in [5.41, 5.74) is 3.25. The maximum Gasteiger partial charge on any atom is 0.137 e. The van der Waals surface area contributed by atoms with Crippen molar-refractivity contribution in [1.29, 1.82) is 0 Å². The Kier molecular flexibility index (Phi) is 2.76. The summed E-state index contributed by atoms with van der Waals surface area (Å²) in [5.74, 6) is 2.75. The number of methoxy groups -OCH3 is 1. The van der Waals surface area contributed by atoms with E-state index in [9.17, 15) is 0 Å². The molecule has 0 fully saturated rings. The minimum atomic E-state index is 0.732. The highest BCUT2D eigenvalue weighted by molar-refractivity contribution is 7.98. The van der Waals surface area contributed by atoms with E-state index in [2.05, 4.69) is 5.10 Å². The summed E-state index contributed by atoms with van der Waals surface area (Å²) < 4.78 is 6.93. The summed E-state index contributed by atoms with van der Waals surface area (Å²) in [7, 11) is 1.65. The Labute approximate surface area is 109 Å². The van der Waals surface area contributed by atoms with Gasteiger partial charge in [-0.15, -0.1) is 0 Å². The van der Waals surface area contributed by atoms with Crippen molar-refractivity contribution in [3.05, 3.63) is 40.7 Å². The van der Waals surface area contributed by atoms with Gasteiger partial charge in [-0.05, 0) is 24.3 Å². The van der Waals surface area contributed by atoms with Crippen LogP contribution in [0.5, 0.6) is 5.75 Å². The quantitative estimate of drug-likeness (QED) is 0.835. The van der Waals surface area contributed by atoms with E-state index in [1.165, 1.54) is 5.56 Å². The molecule has 0 N–H and O–H groups in total. The topological polar surface area (TPSA) is 27.1 Å². The highest BCUT2D eigenvalue weighted by Crippen LogP contribution is 2.35. The lowest BCUT2D eigenvalue weighted by molar-refractivity contribution is 0.414. The number of nitrogens with zero attached hydrogens (tertiary/aromatic N) is 2. The minimum Gasteiger partial charge on any atom is -0.497 e. The van der Waals surface area contributed by atoms with Gasteiger partial charge >= 0.3 is 0 Å². The molecular weight excluding hydrogens is 256 g/mol. The van der Waals surface area contributed by atoms with Gasteiger partial charge in [0.2, 0.25) is 0 Å². The first-order chi connectivity index (χ1) is 8.29. The van der Waals surface area contributed by atoms with Crippen LogP contribution in [-0.2, 0) is 11.5 Å². The number of hydrogen-bond donors (Lipinski definition) is 0. The van der Waals surface area contributed by atoms with Crippen LogP contribution in [0.1, 0.15) is 11.3 Å². The molecule has 0 saturated carbocycles. The van der Waals surface area contributed by atoms with Gasteiger partial charge in [0.25, 0.3) is 0 Å². The predicted octanol–water partition coefficient (Wildman–Crippen LogP) is 3.28. The summed E-state index contributed by atoms with van der Waals surface area (Å²) in [6.07, 6.45) is 0. The Morgan fingerprint density at radius 2 is 2.06 bits per heavy atom. The molecule has 0 atom stereocenters. The molecule has 5 heteroatoms. The summed E-state index contributed by atoms with van der Waals surface area (Å²) in [6.45, 7) is 0. The van der Waals surface area contributed by atoms with E-state index in [1.807, 2.05) is 36.0 Å². The number of thioether (sulfide) groups is 1. The van der Waals surface area contributed by atoms with Crippen molar-refractivity contribution in [2.75, 3.05) is 7.11 Å². The SMILES string of the molecule is COc1ccc(-n2nc3c(c2Cl)CSC3)cc1. The molecule has 88 valence electrons. The third-order valence-corrected chi connectivity index (χ3v) is 4.16. The number of benzene rings is 1. The molecule has 0 amide bonds. The van der Waals surface area contributed by atoms with Crippen LogP contribution < -0.4 is 4.74 Å². The molecule has 3 rings (SSSR count). The summed E-state index contributed by atoms with van der Waals surface area (Å²) in [4.78, 5) is 0. The standard InChI is InChI=1S/C12H11ClN2OS/c1-16-9-4-2-8(3-5-9)15-12(13)10-6-17-7-11(10)14-15/h2-5H,6-7H2,1H3. The van der Waals surface area contributed by atoms with Crippen molar-refractivity contribution in [2.45, 2.75) is 11.5 Å². The Balaban J connectivity index is 2.03. The summed E-state index contributed by atoms with van der Waals surface area (Å²) in [5, 5.41) is 5.27. The largest absolute Gasteiger partial charge is 0.497 e. The summed E-state index contributed by atoms with van der Waals surface area (Å²) in [6, 6.07) is 7.74. The molecule has 0 bridgehead atoms. The smallest absolute Gasteiger partial charge is 0.137 e. The fourth-order valence-corrected chi connectivity index (χ4v) is 3.30. The molecule has 0 radical (unpaired) electrons. The number of ether oxygens (including phenoxy) is 1. The summed E-state index contributed by atoms with van der Waals surface area (Å²) >= 11 is 8.19. The zero-order valence-electron chi connectivity index (χ0n) is 9.31. The van der Waals surface area contributed by atoms with Crippen molar-refractivity contribution in [1.82, 2.24) is 9.78 Å². The maximum atomic E-state index is 6.33.